The number of aliphatic hydroxyl groups is 1. The Morgan fingerprint density at radius 2 is 2.00 bits per heavy atom. The predicted molar refractivity (Wildman–Crippen MR) is 77.2 cm³/mol. The number of benzene rings is 1. The molecule has 1 saturated carbocycles. The molecule has 7 heteroatoms. The molecule has 0 unspecified atom stereocenters. The summed E-state index contributed by atoms with van der Waals surface area (Å²) < 4.78 is 27.2. The smallest absolute Gasteiger partial charge is 0.241 e. The minimum Gasteiger partial charge on any atom is -0.399 e. The van der Waals surface area contributed by atoms with E-state index in [1.165, 1.54) is 12.1 Å². The van der Waals surface area contributed by atoms with Crippen LogP contribution in [0.15, 0.2) is 27.6 Å². The topological polar surface area (TPSA) is 92.4 Å². The Kier molecular flexibility index (Phi) is 4.20. The quantitative estimate of drug-likeness (QED) is 0.720. The Hall–Kier alpha value is -0.630. The average Bonchev–Trinajstić information content (AvgIpc) is 2.74. The van der Waals surface area contributed by atoms with Gasteiger partial charge in [0, 0.05) is 16.7 Å². The average molecular weight is 349 g/mol. The number of rotatable bonds is 4. The highest BCUT2D eigenvalue weighted by molar-refractivity contribution is 9.10. The zero-order valence-corrected chi connectivity index (χ0v) is 12.8. The molecule has 1 aromatic carbocycles. The summed E-state index contributed by atoms with van der Waals surface area (Å²) in [5.41, 5.74) is 5.16. The Balaban J connectivity index is 2.14. The number of nitrogen functional groups attached to an aromatic ring is 1. The second-order valence-corrected chi connectivity index (χ2v) is 7.54. The lowest BCUT2D eigenvalue weighted by atomic mass is 10.0. The van der Waals surface area contributed by atoms with Crippen LogP contribution < -0.4 is 10.5 Å². The van der Waals surface area contributed by atoms with Crippen LogP contribution in [0.3, 0.4) is 0 Å². The first-order chi connectivity index (χ1) is 8.82. The molecular weight excluding hydrogens is 332 g/mol. The lowest BCUT2D eigenvalue weighted by Gasteiger charge is -2.22. The van der Waals surface area contributed by atoms with Crippen LogP contribution in [0.2, 0.25) is 0 Å². The van der Waals surface area contributed by atoms with Crippen LogP contribution in [0, 0.1) is 0 Å². The lowest BCUT2D eigenvalue weighted by molar-refractivity contribution is 0.0532. The fourth-order valence-electron chi connectivity index (χ4n) is 2.25. The van der Waals surface area contributed by atoms with Gasteiger partial charge >= 0.3 is 0 Å². The van der Waals surface area contributed by atoms with Gasteiger partial charge in [-0.25, -0.2) is 13.1 Å². The fraction of sp³-hybridized carbons (Fsp3) is 0.500. The van der Waals surface area contributed by atoms with Crippen LogP contribution in [0.4, 0.5) is 5.69 Å². The first-order valence-corrected chi connectivity index (χ1v) is 8.37. The molecule has 2 rings (SSSR count). The molecule has 106 valence electrons. The summed E-state index contributed by atoms with van der Waals surface area (Å²) in [6, 6.07) is 4.52. The van der Waals surface area contributed by atoms with Gasteiger partial charge in [-0.15, -0.1) is 0 Å². The maximum absolute atomic E-state index is 12.2. The SMILES string of the molecule is Nc1ccc(S(=O)(=O)NCC2(O)CCCC2)c(Br)c1. The van der Waals surface area contributed by atoms with Gasteiger partial charge in [-0.3, -0.25) is 0 Å². The van der Waals surface area contributed by atoms with Crippen molar-refractivity contribution in [1.29, 1.82) is 0 Å². The second kappa shape index (κ2) is 5.40. The number of hydrogen-bond donors (Lipinski definition) is 3. The summed E-state index contributed by atoms with van der Waals surface area (Å²) in [6.07, 6.45) is 3.14. The zero-order chi connectivity index (χ0) is 14.1. The number of halogens is 1. The number of nitrogens with two attached hydrogens (primary N) is 1. The van der Waals surface area contributed by atoms with Gasteiger partial charge in [0.1, 0.15) is 0 Å². The number of nitrogens with one attached hydrogen (secondary N) is 1. The first-order valence-electron chi connectivity index (χ1n) is 6.10. The van der Waals surface area contributed by atoms with Crippen molar-refractivity contribution < 1.29 is 13.5 Å². The number of sulfonamides is 1. The van der Waals surface area contributed by atoms with Crippen molar-refractivity contribution in [3.8, 4) is 0 Å². The molecule has 4 N–H and O–H groups in total. The molecule has 0 spiro atoms. The van der Waals surface area contributed by atoms with Crippen molar-refractivity contribution in [2.45, 2.75) is 36.2 Å². The Morgan fingerprint density at radius 1 is 1.37 bits per heavy atom. The minimum atomic E-state index is -3.65. The second-order valence-electron chi connectivity index (χ2n) is 4.95. The minimum absolute atomic E-state index is 0.0478. The summed E-state index contributed by atoms with van der Waals surface area (Å²) in [5, 5.41) is 10.2. The third-order valence-electron chi connectivity index (χ3n) is 3.37. The molecule has 0 radical (unpaired) electrons. The van der Waals surface area contributed by atoms with E-state index < -0.39 is 15.6 Å². The summed E-state index contributed by atoms with van der Waals surface area (Å²) >= 11 is 3.19. The molecule has 1 aliphatic carbocycles. The molecule has 0 bridgehead atoms. The van der Waals surface area contributed by atoms with Crippen LogP contribution in [-0.4, -0.2) is 25.7 Å². The molecule has 5 nitrogen and oxygen atoms in total. The van der Waals surface area contributed by atoms with Gasteiger partial charge in [-0.1, -0.05) is 12.8 Å². The predicted octanol–water partition coefficient (Wildman–Crippen LogP) is 1.61. The van der Waals surface area contributed by atoms with E-state index in [0.29, 0.717) is 23.0 Å². The molecule has 19 heavy (non-hydrogen) atoms. The van der Waals surface area contributed by atoms with E-state index in [0.717, 1.165) is 12.8 Å². The normalized spacial score (nSPS) is 18.6. The van der Waals surface area contributed by atoms with E-state index in [1.807, 2.05) is 0 Å². The third kappa shape index (κ3) is 3.47. The van der Waals surface area contributed by atoms with Crippen molar-refractivity contribution in [2.75, 3.05) is 12.3 Å². The van der Waals surface area contributed by atoms with E-state index in [2.05, 4.69) is 20.7 Å². The zero-order valence-electron chi connectivity index (χ0n) is 10.4. The molecule has 1 aliphatic rings. The van der Waals surface area contributed by atoms with Crippen molar-refractivity contribution in [3.63, 3.8) is 0 Å². The van der Waals surface area contributed by atoms with Gasteiger partial charge < -0.3 is 10.8 Å². The van der Waals surface area contributed by atoms with Crippen molar-refractivity contribution in [2.24, 2.45) is 0 Å². The highest BCUT2D eigenvalue weighted by atomic mass is 79.9. The molecule has 0 atom stereocenters. The van der Waals surface area contributed by atoms with E-state index in [1.54, 1.807) is 6.07 Å². The van der Waals surface area contributed by atoms with Crippen molar-refractivity contribution in [3.05, 3.63) is 22.7 Å². The van der Waals surface area contributed by atoms with E-state index >= 15 is 0 Å². The van der Waals surface area contributed by atoms with Crippen LogP contribution in [0.5, 0.6) is 0 Å². The summed E-state index contributed by atoms with van der Waals surface area (Å²) in [4.78, 5) is 0.128. The van der Waals surface area contributed by atoms with Gasteiger partial charge in [-0.05, 0) is 47.0 Å². The molecule has 1 fully saturated rings. The van der Waals surface area contributed by atoms with E-state index in [4.69, 9.17) is 5.73 Å². The van der Waals surface area contributed by atoms with Gasteiger partial charge in [0.05, 0.1) is 10.5 Å². The lowest BCUT2D eigenvalue weighted by Crippen LogP contribution is -2.40. The van der Waals surface area contributed by atoms with Crippen LogP contribution in [-0.2, 0) is 10.0 Å². The van der Waals surface area contributed by atoms with Gasteiger partial charge in [-0.2, -0.15) is 0 Å². The maximum Gasteiger partial charge on any atom is 0.241 e. The summed E-state index contributed by atoms with van der Waals surface area (Å²) in [5.74, 6) is 0. The molecule has 0 aromatic heterocycles. The standard InChI is InChI=1S/C12H17BrN2O3S/c13-10-7-9(14)3-4-11(10)19(17,18)15-8-12(16)5-1-2-6-12/h3-4,7,15-16H,1-2,5-6,8,14H2. The van der Waals surface area contributed by atoms with Crippen LogP contribution in [0.25, 0.3) is 0 Å². The maximum atomic E-state index is 12.2. The van der Waals surface area contributed by atoms with Crippen LogP contribution >= 0.6 is 15.9 Å². The molecular formula is C12H17BrN2O3S. The van der Waals surface area contributed by atoms with Crippen LogP contribution in [0.1, 0.15) is 25.7 Å². The van der Waals surface area contributed by atoms with Crippen molar-refractivity contribution in [1.82, 2.24) is 4.72 Å². The highest BCUT2D eigenvalue weighted by Gasteiger charge is 2.32. The number of anilines is 1. The molecule has 0 amide bonds. The molecule has 0 heterocycles. The van der Waals surface area contributed by atoms with Gasteiger partial charge in [0.15, 0.2) is 0 Å². The molecule has 1 aromatic rings. The van der Waals surface area contributed by atoms with Gasteiger partial charge in [0.25, 0.3) is 0 Å². The van der Waals surface area contributed by atoms with Gasteiger partial charge in [0.2, 0.25) is 10.0 Å². The first kappa shape index (κ1) is 14.8. The summed E-state index contributed by atoms with van der Waals surface area (Å²) in [6.45, 7) is 0.0478. The van der Waals surface area contributed by atoms with E-state index in [9.17, 15) is 13.5 Å². The fourth-order valence-corrected chi connectivity index (χ4v) is 4.46. The van der Waals surface area contributed by atoms with E-state index in [-0.39, 0.29) is 11.4 Å². The Morgan fingerprint density at radius 3 is 2.58 bits per heavy atom. The Bertz CT molecular complexity index is 568. The third-order valence-corrected chi connectivity index (χ3v) is 5.75. The highest BCUT2D eigenvalue weighted by Crippen LogP contribution is 2.30. The summed E-state index contributed by atoms with van der Waals surface area (Å²) in [7, 11) is -3.65. The van der Waals surface area contributed by atoms with Crippen molar-refractivity contribution >= 4 is 31.6 Å². The molecule has 0 saturated heterocycles. The largest absolute Gasteiger partial charge is 0.399 e. The Labute approximate surface area is 121 Å². The molecule has 0 aliphatic heterocycles. The monoisotopic (exact) mass is 348 g/mol. The number of hydrogen-bond acceptors (Lipinski definition) is 4.